The Morgan fingerprint density at radius 1 is 1.69 bits per heavy atom. The first-order valence-electron chi connectivity index (χ1n) is 4.82. The molecular formula is C9H18N2O2. The maximum absolute atomic E-state index is 11.3. The van der Waals surface area contributed by atoms with Crippen LogP contribution in [-0.4, -0.2) is 48.2 Å². The lowest BCUT2D eigenvalue weighted by Crippen LogP contribution is -2.53. The van der Waals surface area contributed by atoms with Crippen molar-refractivity contribution in [3.63, 3.8) is 0 Å². The van der Waals surface area contributed by atoms with E-state index in [0.29, 0.717) is 13.0 Å². The minimum absolute atomic E-state index is 0.133. The Hall–Kier alpha value is -0.610. The van der Waals surface area contributed by atoms with Crippen molar-refractivity contribution in [3.8, 4) is 0 Å². The third-order valence-corrected chi connectivity index (χ3v) is 2.61. The predicted molar refractivity (Wildman–Crippen MR) is 50.3 cm³/mol. The number of hydrogen-bond acceptors (Lipinski definition) is 3. The number of aliphatic hydroxyl groups excluding tert-OH is 1. The van der Waals surface area contributed by atoms with E-state index in [1.54, 1.807) is 4.90 Å². The Kier molecular flexibility index (Phi) is 3.69. The van der Waals surface area contributed by atoms with E-state index in [2.05, 4.69) is 5.32 Å². The Balaban J connectivity index is 2.45. The summed E-state index contributed by atoms with van der Waals surface area (Å²) in [5.74, 6) is 0.133. The van der Waals surface area contributed by atoms with Gasteiger partial charge < -0.3 is 15.3 Å². The van der Waals surface area contributed by atoms with Crippen molar-refractivity contribution in [3.05, 3.63) is 0 Å². The van der Waals surface area contributed by atoms with Crippen LogP contribution in [0, 0.1) is 0 Å². The van der Waals surface area contributed by atoms with Crippen LogP contribution in [0.25, 0.3) is 0 Å². The number of β-amino-alcohol motifs (C(OH)–C–C–N with tert-alkyl or cyclic N) is 1. The minimum Gasteiger partial charge on any atom is -0.390 e. The smallest absolute Gasteiger partial charge is 0.222 e. The number of carbonyl (C=O) groups excluding carboxylic acids is 1. The van der Waals surface area contributed by atoms with Crippen LogP contribution in [0.15, 0.2) is 0 Å². The maximum Gasteiger partial charge on any atom is 0.222 e. The second kappa shape index (κ2) is 4.58. The molecule has 13 heavy (non-hydrogen) atoms. The van der Waals surface area contributed by atoms with Crippen molar-refractivity contribution in [2.24, 2.45) is 0 Å². The van der Waals surface area contributed by atoms with Gasteiger partial charge in [0, 0.05) is 25.6 Å². The first-order chi connectivity index (χ1) is 6.19. The van der Waals surface area contributed by atoms with Gasteiger partial charge in [-0.25, -0.2) is 0 Å². The number of aliphatic hydroxyl groups is 1. The molecule has 0 aromatic carbocycles. The summed E-state index contributed by atoms with van der Waals surface area (Å²) in [7, 11) is 1.84. The normalized spacial score (nSPS) is 29.0. The van der Waals surface area contributed by atoms with Crippen molar-refractivity contribution in [1.29, 1.82) is 0 Å². The Labute approximate surface area is 78.9 Å². The molecule has 0 aromatic rings. The van der Waals surface area contributed by atoms with Crippen molar-refractivity contribution in [1.82, 2.24) is 10.2 Å². The highest BCUT2D eigenvalue weighted by Crippen LogP contribution is 2.11. The molecule has 1 aliphatic rings. The zero-order chi connectivity index (χ0) is 9.84. The van der Waals surface area contributed by atoms with Gasteiger partial charge in [-0.15, -0.1) is 0 Å². The van der Waals surface area contributed by atoms with Gasteiger partial charge >= 0.3 is 0 Å². The first kappa shape index (κ1) is 10.5. The molecule has 1 amide bonds. The van der Waals surface area contributed by atoms with Crippen LogP contribution in [0.3, 0.4) is 0 Å². The lowest BCUT2D eigenvalue weighted by molar-refractivity contribution is -0.134. The van der Waals surface area contributed by atoms with Gasteiger partial charge in [0.2, 0.25) is 5.91 Å². The average molecular weight is 186 g/mol. The molecular weight excluding hydrogens is 168 g/mol. The fraction of sp³-hybridized carbons (Fsp3) is 0.889. The summed E-state index contributed by atoms with van der Waals surface area (Å²) in [6.45, 7) is 3.08. The Morgan fingerprint density at radius 3 is 2.85 bits per heavy atom. The SMILES string of the molecule is CCC(=O)N1CCC(NC)C(O)C1. The molecule has 4 nitrogen and oxygen atoms in total. The van der Waals surface area contributed by atoms with Crippen LogP contribution in [0.4, 0.5) is 0 Å². The molecule has 1 heterocycles. The Morgan fingerprint density at radius 2 is 2.38 bits per heavy atom. The van der Waals surface area contributed by atoms with E-state index in [4.69, 9.17) is 0 Å². The number of carbonyl (C=O) groups is 1. The average Bonchev–Trinajstić information content (AvgIpc) is 2.16. The van der Waals surface area contributed by atoms with E-state index >= 15 is 0 Å². The van der Waals surface area contributed by atoms with Crippen LogP contribution in [0.2, 0.25) is 0 Å². The molecule has 1 saturated heterocycles. The van der Waals surface area contributed by atoms with Crippen LogP contribution >= 0.6 is 0 Å². The number of hydrogen-bond donors (Lipinski definition) is 2. The van der Waals surface area contributed by atoms with Gasteiger partial charge in [-0.2, -0.15) is 0 Å². The number of nitrogens with zero attached hydrogens (tertiary/aromatic N) is 1. The summed E-state index contributed by atoms with van der Waals surface area (Å²) in [5.41, 5.74) is 0. The maximum atomic E-state index is 11.3. The third kappa shape index (κ3) is 2.42. The number of piperidine rings is 1. The largest absolute Gasteiger partial charge is 0.390 e. The molecule has 1 rings (SSSR count). The summed E-state index contributed by atoms with van der Waals surface area (Å²) >= 11 is 0. The van der Waals surface area contributed by atoms with Crippen molar-refractivity contribution in [2.75, 3.05) is 20.1 Å². The Bertz CT molecular complexity index is 184. The standard InChI is InChI=1S/C9H18N2O2/c1-3-9(13)11-5-4-7(10-2)8(12)6-11/h7-8,10,12H,3-6H2,1-2H3. The summed E-state index contributed by atoms with van der Waals surface area (Å²) in [4.78, 5) is 13.0. The van der Waals surface area contributed by atoms with Crippen LogP contribution in [-0.2, 0) is 4.79 Å². The minimum atomic E-state index is -0.422. The van der Waals surface area contributed by atoms with E-state index < -0.39 is 6.10 Å². The van der Waals surface area contributed by atoms with Crippen LogP contribution in [0.5, 0.6) is 0 Å². The van der Waals surface area contributed by atoms with Crippen molar-refractivity contribution < 1.29 is 9.90 Å². The van der Waals surface area contributed by atoms with Gasteiger partial charge in [-0.05, 0) is 13.5 Å². The van der Waals surface area contributed by atoms with Gasteiger partial charge in [0.05, 0.1) is 6.10 Å². The summed E-state index contributed by atoms with van der Waals surface area (Å²) in [6.07, 6.45) is 0.939. The second-order valence-electron chi connectivity index (χ2n) is 3.44. The lowest BCUT2D eigenvalue weighted by atomic mass is 10.0. The molecule has 2 unspecified atom stereocenters. The van der Waals surface area contributed by atoms with Gasteiger partial charge in [0.1, 0.15) is 0 Å². The number of rotatable bonds is 2. The van der Waals surface area contributed by atoms with E-state index in [9.17, 15) is 9.90 Å². The molecule has 1 fully saturated rings. The quantitative estimate of drug-likeness (QED) is 0.615. The molecule has 0 spiro atoms. The van der Waals surface area contributed by atoms with E-state index in [1.807, 2.05) is 14.0 Å². The molecule has 0 aliphatic carbocycles. The van der Waals surface area contributed by atoms with Gasteiger partial charge in [-0.3, -0.25) is 4.79 Å². The molecule has 76 valence electrons. The lowest BCUT2D eigenvalue weighted by Gasteiger charge is -2.35. The number of nitrogens with one attached hydrogen (secondary N) is 1. The fourth-order valence-corrected chi connectivity index (χ4v) is 1.72. The predicted octanol–water partition coefficient (Wildman–Crippen LogP) is -0.422. The van der Waals surface area contributed by atoms with E-state index in [-0.39, 0.29) is 11.9 Å². The highest BCUT2D eigenvalue weighted by Gasteiger charge is 2.27. The third-order valence-electron chi connectivity index (χ3n) is 2.61. The summed E-state index contributed by atoms with van der Waals surface area (Å²) in [5, 5.41) is 12.7. The highest BCUT2D eigenvalue weighted by molar-refractivity contribution is 5.75. The van der Waals surface area contributed by atoms with E-state index in [0.717, 1.165) is 13.0 Å². The molecule has 0 aromatic heterocycles. The molecule has 2 N–H and O–H groups in total. The number of amides is 1. The molecule has 0 radical (unpaired) electrons. The molecule has 1 aliphatic heterocycles. The van der Waals surface area contributed by atoms with Crippen molar-refractivity contribution in [2.45, 2.75) is 31.9 Å². The number of likely N-dealkylation sites (N-methyl/N-ethyl adjacent to an activating group) is 1. The topological polar surface area (TPSA) is 52.6 Å². The fourth-order valence-electron chi connectivity index (χ4n) is 1.72. The molecule has 4 heteroatoms. The summed E-state index contributed by atoms with van der Waals surface area (Å²) < 4.78 is 0. The molecule has 0 bridgehead atoms. The first-order valence-corrected chi connectivity index (χ1v) is 4.82. The van der Waals surface area contributed by atoms with Gasteiger partial charge in [0.15, 0.2) is 0 Å². The second-order valence-corrected chi connectivity index (χ2v) is 3.44. The van der Waals surface area contributed by atoms with Gasteiger partial charge in [0.25, 0.3) is 0 Å². The monoisotopic (exact) mass is 186 g/mol. The zero-order valence-electron chi connectivity index (χ0n) is 8.29. The highest BCUT2D eigenvalue weighted by atomic mass is 16.3. The molecule has 2 atom stereocenters. The van der Waals surface area contributed by atoms with Crippen LogP contribution in [0.1, 0.15) is 19.8 Å². The van der Waals surface area contributed by atoms with Crippen LogP contribution < -0.4 is 5.32 Å². The summed E-state index contributed by atoms with van der Waals surface area (Å²) in [6, 6.07) is 0.140. The van der Waals surface area contributed by atoms with E-state index in [1.165, 1.54) is 0 Å². The molecule has 0 saturated carbocycles. The van der Waals surface area contributed by atoms with Gasteiger partial charge in [-0.1, -0.05) is 6.92 Å². The van der Waals surface area contributed by atoms with Crippen molar-refractivity contribution >= 4 is 5.91 Å². The zero-order valence-corrected chi connectivity index (χ0v) is 8.29. The number of likely N-dealkylation sites (tertiary alicyclic amines) is 1.